The van der Waals surface area contributed by atoms with E-state index in [1.807, 2.05) is 0 Å². The van der Waals surface area contributed by atoms with Crippen LogP contribution in [0, 0.1) is 0 Å². The lowest BCUT2D eigenvalue weighted by atomic mass is 10.2. The third kappa shape index (κ3) is 1.72. The van der Waals surface area contributed by atoms with Crippen LogP contribution in [0.3, 0.4) is 0 Å². The van der Waals surface area contributed by atoms with Gasteiger partial charge in [-0.25, -0.2) is 4.79 Å². The summed E-state index contributed by atoms with van der Waals surface area (Å²) < 4.78 is 11.7. The van der Waals surface area contributed by atoms with Gasteiger partial charge in [0.15, 0.2) is 0 Å². The van der Waals surface area contributed by atoms with Crippen LogP contribution in [0.1, 0.15) is 12.6 Å². The third-order valence-corrected chi connectivity index (χ3v) is 3.06. The average Bonchev–Trinajstić information content (AvgIpc) is 2.93. The van der Waals surface area contributed by atoms with E-state index < -0.39 is 24.1 Å². The lowest BCUT2D eigenvalue weighted by Crippen LogP contribution is -2.27. The molecule has 3 heterocycles. The van der Waals surface area contributed by atoms with Crippen LogP contribution in [0.25, 0.3) is 11.1 Å². The summed E-state index contributed by atoms with van der Waals surface area (Å²) in [6.07, 6.45) is 1.20. The number of aliphatic hydroxyl groups is 2. The van der Waals surface area contributed by atoms with Crippen molar-refractivity contribution in [1.29, 1.82) is 0 Å². The smallest absolute Gasteiger partial charge is 0.353 e. The summed E-state index contributed by atoms with van der Waals surface area (Å²) in [5.74, 6) is 0. The van der Waals surface area contributed by atoms with Crippen molar-refractivity contribution in [3.05, 3.63) is 29.0 Å². The van der Waals surface area contributed by atoms with Crippen LogP contribution >= 0.6 is 0 Å². The van der Waals surface area contributed by atoms with E-state index in [-0.39, 0.29) is 18.7 Å². The van der Waals surface area contributed by atoms with Gasteiger partial charge in [0.05, 0.1) is 24.4 Å². The molecule has 1 fully saturated rings. The predicted molar refractivity (Wildman–Crippen MR) is 59.9 cm³/mol. The van der Waals surface area contributed by atoms with Gasteiger partial charge in [0, 0.05) is 12.6 Å². The summed E-state index contributed by atoms with van der Waals surface area (Å²) in [6.45, 7) is -0.284. The molecule has 0 aliphatic carbocycles. The molecule has 18 heavy (non-hydrogen) atoms. The van der Waals surface area contributed by atoms with Gasteiger partial charge < -0.3 is 19.4 Å². The zero-order chi connectivity index (χ0) is 12.7. The van der Waals surface area contributed by atoms with Gasteiger partial charge >= 0.3 is 5.69 Å². The molecule has 2 aromatic rings. The molecule has 0 bridgehead atoms. The Kier molecular flexibility index (Phi) is 2.66. The Balaban J connectivity index is 1.99. The maximum absolute atomic E-state index is 11.8. The molecular formula is C11H12N2O5. The van der Waals surface area contributed by atoms with Crippen LogP contribution in [0.2, 0.25) is 0 Å². The lowest BCUT2D eigenvalue weighted by molar-refractivity contribution is -0.0457. The average molecular weight is 252 g/mol. The van der Waals surface area contributed by atoms with Gasteiger partial charge in [-0.15, -0.1) is 0 Å². The summed E-state index contributed by atoms with van der Waals surface area (Å²) in [4.78, 5) is 15.6. The molecule has 2 N–H and O–H groups in total. The first-order chi connectivity index (χ1) is 8.69. The van der Waals surface area contributed by atoms with Gasteiger partial charge in [-0.1, -0.05) is 0 Å². The number of hydrogen-bond donors (Lipinski definition) is 2. The fraction of sp³-hybridized carbons (Fsp3) is 0.455. The topological polar surface area (TPSA) is 97.7 Å². The molecule has 7 nitrogen and oxygen atoms in total. The number of furan rings is 1. The van der Waals surface area contributed by atoms with E-state index in [1.165, 1.54) is 10.8 Å². The van der Waals surface area contributed by atoms with Crippen molar-refractivity contribution in [1.82, 2.24) is 9.55 Å². The van der Waals surface area contributed by atoms with Crippen molar-refractivity contribution < 1.29 is 19.4 Å². The van der Waals surface area contributed by atoms with Gasteiger partial charge in [-0.2, -0.15) is 4.98 Å². The second-order valence-corrected chi connectivity index (χ2v) is 4.23. The maximum atomic E-state index is 11.8. The minimum absolute atomic E-state index is 0.246. The number of nitrogens with zero attached hydrogens (tertiary/aromatic N) is 2. The summed E-state index contributed by atoms with van der Waals surface area (Å²) in [6, 6.07) is 1.69. The zero-order valence-electron chi connectivity index (χ0n) is 9.39. The summed E-state index contributed by atoms with van der Waals surface area (Å²) in [7, 11) is 0. The largest absolute Gasteiger partial charge is 0.446 e. The maximum Gasteiger partial charge on any atom is 0.353 e. The van der Waals surface area contributed by atoms with Crippen molar-refractivity contribution in [2.24, 2.45) is 0 Å². The van der Waals surface area contributed by atoms with Crippen molar-refractivity contribution >= 4 is 11.1 Å². The monoisotopic (exact) mass is 252 g/mol. The number of rotatable bonds is 2. The van der Waals surface area contributed by atoms with Crippen LogP contribution in [0.4, 0.5) is 0 Å². The standard InChI is InChI=1S/C11H12N2O5/c14-5-8-7(15)3-9(18-8)13-4-6-1-2-17-10(6)12-11(13)16/h1-2,4,7-9,14-15H,3,5H2/t7-,8+,9-/m0/s1. The normalized spacial score (nSPS) is 28.0. The molecule has 0 radical (unpaired) electrons. The Labute approximate surface area is 101 Å². The first kappa shape index (κ1) is 11.4. The molecule has 1 saturated heterocycles. The Morgan fingerprint density at radius 1 is 1.56 bits per heavy atom. The van der Waals surface area contributed by atoms with E-state index in [9.17, 15) is 9.90 Å². The fourth-order valence-corrected chi connectivity index (χ4v) is 2.11. The Hall–Kier alpha value is -1.70. The van der Waals surface area contributed by atoms with Crippen molar-refractivity contribution in [2.45, 2.75) is 24.9 Å². The molecule has 1 aliphatic heterocycles. The number of aliphatic hydroxyl groups excluding tert-OH is 2. The van der Waals surface area contributed by atoms with E-state index in [0.29, 0.717) is 5.39 Å². The first-order valence-electron chi connectivity index (χ1n) is 5.60. The Morgan fingerprint density at radius 3 is 3.11 bits per heavy atom. The van der Waals surface area contributed by atoms with Crippen molar-refractivity contribution in [3.8, 4) is 0 Å². The molecule has 0 amide bonds. The van der Waals surface area contributed by atoms with Gasteiger partial charge in [-0.05, 0) is 6.07 Å². The molecule has 0 aromatic carbocycles. The molecular weight excluding hydrogens is 240 g/mol. The number of hydrogen-bond acceptors (Lipinski definition) is 6. The molecule has 0 spiro atoms. The van der Waals surface area contributed by atoms with E-state index in [2.05, 4.69) is 4.98 Å². The quantitative estimate of drug-likeness (QED) is 0.756. The fourth-order valence-electron chi connectivity index (χ4n) is 2.11. The van der Waals surface area contributed by atoms with E-state index in [1.54, 1.807) is 12.3 Å². The Bertz CT molecular complexity index is 619. The first-order valence-corrected chi connectivity index (χ1v) is 5.60. The molecule has 2 aromatic heterocycles. The van der Waals surface area contributed by atoms with Gasteiger partial charge in [0.25, 0.3) is 0 Å². The van der Waals surface area contributed by atoms with Gasteiger partial charge in [0.1, 0.15) is 12.3 Å². The molecule has 1 aliphatic rings. The highest BCUT2D eigenvalue weighted by atomic mass is 16.5. The van der Waals surface area contributed by atoms with Crippen LogP contribution in [-0.2, 0) is 4.74 Å². The van der Waals surface area contributed by atoms with Crippen molar-refractivity contribution in [2.75, 3.05) is 6.61 Å². The van der Waals surface area contributed by atoms with Crippen LogP contribution < -0.4 is 5.69 Å². The minimum atomic E-state index is -0.785. The van der Waals surface area contributed by atoms with Gasteiger partial charge in [0.2, 0.25) is 5.71 Å². The lowest BCUT2D eigenvalue weighted by Gasteiger charge is -2.13. The van der Waals surface area contributed by atoms with Crippen LogP contribution in [0.15, 0.2) is 27.7 Å². The third-order valence-electron chi connectivity index (χ3n) is 3.06. The Morgan fingerprint density at radius 2 is 2.39 bits per heavy atom. The van der Waals surface area contributed by atoms with Gasteiger partial charge in [-0.3, -0.25) is 4.57 Å². The number of ether oxygens (including phenoxy) is 1. The summed E-state index contributed by atoms with van der Waals surface area (Å²) in [5, 5.41) is 19.3. The molecule has 3 atom stereocenters. The second-order valence-electron chi connectivity index (χ2n) is 4.23. The zero-order valence-corrected chi connectivity index (χ0v) is 9.39. The number of fused-ring (bicyclic) bond motifs is 1. The highest BCUT2D eigenvalue weighted by molar-refractivity contribution is 5.71. The van der Waals surface area contributed by atoms with E-state index in [0.717, 1.165) is 0 Å². The van der Waals surface area contributed by atoms with E-state index >= 15 is 0 Å². The molecule has 0 saturated carbocycles. The second kappa shape index (κ2) is 4.20. The highest BCUT2D eigenvalue weighted by Crippen LogP contribution is 2.27. The SMILES string of the molecule is O=c1nc2occc2cn1[C@@H]1C[C@H](O)[C@@H](CO)O1. The highest BCUT2D eigenvalue weighted by Gasteiger charge is 2.35. The van der Waals surface area contributed by atoms with Crippen molar-refractivity contribution in [3.63, 3.8) is 0 Å². The predicted octanol–water partition coefficient (Wildman–Crippen LogP) is -0.370. The number of aromatic nitrogens is 2. The van der Waals surface area contributed by atoms with Crippen LogP contribution in [0.5, 0.6) is 0 Å². The molecule has 0 unspecified atom stereocenters. The van der Waals surface area contributed by atoms with E-state index in [4.69, 9.17) is 14.3 Å². The summed E-state index contributed by atoms with van der Waals surface area (Å²) >= 11 is 0. The summed E-state index contributed by atoms with van der Waals surface area (Å²) in [5.41, 5.74) is -0.234. The molecule has 3 rings (SSSR count). The molecule has 7 heteroatoms. The van der Waals surface area contributed by atoms with Crippen LogP contribution in [-0.4, -0.2) is 38.6 Å². The minimum Gasteiger partial charge on any atom is -0.446 e. The molecule has 96 valence electrons.